The Balaban J connectivity index is 2.09. The zero-order valence-electron chi connectivity index (χ0n) is 16.3. The van der Waals surface area contributed by atoms with Crippen molar-refractivity contribution in [3.63, 3.8) is 0 Å². The van der Waals surface area contributed by atoms with Crippen molar-refractivity contribution in [1.29, 1.82) is 0 Å². The van der Waals surface area contributed by atoms with Crippen LogP contribution in [0.2, 0.25) is 0 Å². The van der Waals surface area contributed by atoms with Crippen LogP contribution in [0, 0.1) is 5.92 Å². The normalized spacial score (nSPS) is 11.2. The van der Waals surface area contributed by atoms with Crippen LogP contribution in [-0.2, 0) is 16.0 Å². The van der Waals surface area contributed by atoms with Gasteiger partial charge in [0.1, 0.15) is 11.3 Å². The molecule has 0 radical (unpaired) electrons. The van der Waals surface area contributed by atoms with Crippen LogP contribution < -0.4 is 5.32 Å². The molecule has 7 nitrogen and oxygen atoms in total. The van der Waals surface area contributed by atoms with Crippen LogP contribution >= 0.6 is 23.1 Å². The number of nitrogens with one attached hydrogen (secondary N) is 1. The van der Waals surface area contributed by atoms with Crippen molar-refractivity contribution in [2.24, 2.45) is 5.92 Å². The van der Waals surface area contributed by atoms with Crippen LogP contribution in [-0.4, -0.2) is 39.0 Å². The first kappa shape index (κ1) is 21.4. The van der Waals surface area contributed by atoms with E-state index in [0.29, 0.717) is 28.2 Å². The Morgan fingerprint density at radius 3 is 2.70 bits per heavy atom. The van der Waals surface area contributed by atoms with Gasteiger partial charge in [-0.05, 0) is 44.1 Å². The number of thioether (sulfide) groups is 1. The van der Waals surface area contributed by atoms with Gasteiger partial charge in [0.15, 0.2) is 5.16 Å². The molecule has 0 saturated heterocycles. The quantitative estimate of drug-likeness (QED) is 0.496. The summed E-state index contributed by atoms with van der Waals surface area (Å²) in [6.07, 6.45) is 2.41. The lowest BCUT2D eigenvalue weighted by Gasteiger charge is -2.11. The molecule has 2 aromatic heterocycles. The van der Waals surface area contributed by atoms with Gasteiger partial charge in [-0.2, -0.15) is 0 Å². The molecule has 0 fully saturated rings. The maximum Gasteiger partial charge on any atom is 0.341 e. The molecule has 1 amide bonds. The second kappa shape index (κ2) is 9.89. The fourth-order valence-electron chi connectivity index (χ4n) is 2.49. The van der Waals surface area contributed by atoms with Crippen molar-refractivity contribution in [2.75, 3.05) is 17.7 Å². The van der Waals surface area contributed by atoms with Crippen LogP contribution in [0.15, 0.2) is 16.9 Å². The summed E-state index contributed by atoms with van der Waals surface area (Å²) in [4.78, 5) is 24.8. The lowest BCUT2D eigenvalue weighted by molar-refractivity contribution is -0.113. The highest BCUT2D eigenvalue weighted by atomic mass is 32.2. The summed E-state index contributed by atoms with van der Waals surface area (Å²) < 4.78 is 7.09. The highest BCUT2D eigenvalue weighted by Gasteiger charge is 2.22. The van der Waals surface area contributed by atoms with Crippen molar-refractivity contribution in [1.82, 2.24) is 14.8 Å². The first-order valence-corrected chi connectivity index (χ1v) is 10.8. The molecule has 9 heteroatoms. The Labute approximate surface area is 167 Å². The first-order chi connectivity index (χ1) is 12.8. The minimum atomic E-state index is -0.392. The Hall–Kier alpha value is -1.87. The molecule has 2 rings (SSSR count). The molecule has 0 spiro atoms. The van der Waals surface area contributed by atoms with E-state index in [2.05, 4.69) is 29.4 Å². The molecule has 1 N–H and O–H groups in total. The summed E-state index contributed by atoms with van der Waals surface area (Å²) in [7, 11) is 0. The van der Waals surface area contributed by atoms with Gasteiger partial charge in [0.05, 0.1) is 17.9 Å². The van der Waals surface area contributed by atoms with Crippen molar-refractivity contribution < 1.29 is 14.3 Å². The molecule has 2 heterocycles. The number of hydrogen-bond donors (Lipinski definition) is 1. The second-order valence-electron chi connectivity index (χ2n) is 6.73. The van der Waals surface area contributed by atoms with Gasteiger partial charge in [-0.15, -0.1) is 21.5 Å². The summed E-state index contributed by atoms with van der Waals surface area (Å²) >= 11 is 2.67. The number of thiophene rings is 1. The molecule has 0 bridgehead atoms. The van der Waals surface area contributed by atoms with Gasteiger partial charge in [0.2, 0.25) is 5.91 Å². The minimum Gasteiger partial charge on any atom is -0.462 e. The summed E-state index contributed by atoms with van der Waals surface area (Å²) in [6, 6.07) is 0.219. The third-order valence-electron chi connectivity index (χ3n) is 3.66. The smallest absolute Gasteiger partial charge is 0.341 e. The lowest BCUT2D eigenvalue weighted by Crippen LogP contribution is -2.17. The molecule has 0 aliphatic heterocycles. The fourth-order valence-corrected chi connectivity index (χ4v) is 4.31. The third-order valence-corrected chi connectivity index (χ3v) is 5.56. The predicted molar refractivity (Wildman–Crippen MR) is 109 cm³/mol. The number of carbonyl (C=O) groups is 2. The van der Waals surface area contributed by atoms with Gasteiger partial charge < -0.3 is 14.6 Å². The largest absolute Gasteiger partial charge is 0.462 e. The number of carbonyl (C=O) groups excluding carboxylic acids is 2. The SMILES string of the molecule is CCOC(=O)c1c(CC(C)C)csc1NC(=O)CSc1nncn1C(C)C. The van der Waals surface area contributed by atoms with Gasteiger partial charge >= 0.3 is 5.97 Å². The summed E-state index contributed by atoms with van der Waals surface area (Å²) in [5.41, 5.74) is 1.38. The summed E-state index contributed by atoms with van der Waals surface area (Å²) in [5, 5.41) is 14.0. The van der Waals surface area contributed by atoms with Crippen LogP contribution in [0.25, 0.3) is 0 Å². The zero-order valence-corrected chi connectivity index (χ0v) is 17.9. The number of aromatic nitrogens is 3. The van der Waals surface area contributed by atoms with E-state index < -0.39 is 5.97 Å². The predicted octanol–water partition coefficient (Wildman–Crippen LogP) is 4.03. The Morgan fingerprint density at radius 1 is 1.33 bits per heavy atom. The minimum absolute atomic E-state index is 0.186. The Kier molecular flexibility index (Phi) is 7.85. The number of hydrogen-bond acceptors (Lipinski definition) is 7. The molecule has 0 aliphatic rings. The maximum atomic E-state index is 12.4. The first-order valence-electron chi connectivity index (χ1n) is 8.93. The van der Waals surface area contributed by atoms with E-state index in [1.807, 2.05) is 23.8 Å². The molecular formula is C18H26N4O3S2. The average molecular weight is 411 g/mol. The van der Waals surface area contributed by atoms with Crippen molar-refractivity contribution in [3.8, 4) is 0 Å². The van der Waals surface area contributed by atoms with Crippen LogP contribution in [0.1, 0.15) is 56.6 Å². The standard InChI is InChI=1S/C18H26N4O3S2/c1-6-25-17(24)15-13(7-11(2)3)8-26-16(15)20-14(23)9-27-18-21-19-10-22(18)12(4)5/h8,10-12H,6-7,9H2,1-5H3,(H,20,23). The molecule has 0 unspecified atom stereocenters. The van der Waals surface area contributed by atoms with Gasteiger partial charge in [-0.25, -0.2) is 4.79 Å². The van der Waals surface area contributed by atoms with E-state index in [4.69, 9.17) is 4.74 Å². The van der Waals surface area contributed by atoms with Crippen molar-refractivity contribution in [3.05, 3.63) is 22.8 Å². The highest BCUT2D eigenvalue weighted by Crippen LogP contribution is 2.31. The van der Waals surface area contributed by atoms with E-state index in [-0.39, 0.29) is 17.7 Å². The molecule has 148 valence electrons. The molecule has 0 aliphatic carbocycles. The van der Waals surface area contributed by atoms with E-state index in [1.54, 1.807) is 13.3 Å². The number of esters is 1. The van der Waals surface area contributed by atoms with Crippen LogP contribution in [0.3, 0.4) is 0 Å². The van der Waals surface area contributed by atoms with E-state index in [0.717, 1.165) is 12.0 Å². The molecule has 0 atom stereocenters. The summed E-state index contributed by atoms with van der Waals surface area (Å²) in [6.45, 7) is 10.3. The number of ether oxygens (including phenoxy) is 1. The van der Waals surface area contributed by atoms with Gasteiger partial charge in [-0.3, -0.25) is 4.79 Å². The van der Waals surface area contributed by atoms with Gasteiger partial charge in [0.25, 0.3) is 0 Å². The topological polar surface area (TPSA) is 86.1 Å². The monoisotopic (exact) mass is 410 g/mol. The third kappa shape index (κ3) is 5.80. The summed E-state index contributed by atoms with van der Waals surface area (Å²) in [5.74, 6) is -0.00144. The maximum absolute atomic E-state index is 12.4. The number of anilines is 1. The molecule has 0 saturated carbocycles. The highest BCUT2D eigenvalue weighted by molar-refractivity contribution is 7.99. The number of rotatable bonds is 9. The molecular weight excluding hydrogens is 384 g/mol. The van der Waals surface area contributed by atoms with E-state index >= 15 is 0 Å². The van der Waals surface area contributed by atoms with Crippen LogP contribution in [0.4, 0.5) is 5.00 Å². The number of amides is 1. The van der Waals surface area contributed by atoms with Crippen molar-refractivity contribution >= 4 is 40.0 Å². The Morgan fingerprint density at radius 2 is 2.07 bits per heavy atom. The van der Waals surface area contributed by atoms with Gasteiger partial charge in [0, 0.05) is 6.04 Å². The van der Waals surface area contributed by atoms with E-state index in [9.17, 15) is 9.59 Å². The molecule has 27 heavy (non-hydrogen) atoms. The number of nitrogens with zero attached hydrogens (tertiary/aromatic N) is 3. The molecule has 2 aromatic rings. The van der Waals surface area contributed by atoms with E-state index in [1.165, 1.54) is 23.1 Å². The van der Waals surface area contributed by atoms with Crippen LogP contribution in [0.5, 0.6) is 0 Å². The lowest BCUT2D eigenvalue weighted by atomic mass is 10.0. The fraction of sp³-hybridized carbons (Fsp3) is 0.556. The van der Waals surface area contributed by atoms with Gasteiger partial charge in [-0.1, -0.05) is 25.6 Å². The molecule has 0 aromatic carbocycles. The second-order valence-corrected chi connectivity index (χ2v) is 8.56. The zero-order chi connectivity index (χ0) is 20.0. The average Bonchev–Trinajstić information content (AvgIpc) is 3.20. The Bertz CT molecular complexity index is 783. The van der Waals surface area contributed by atoms with Crippen molar-refractivity contribution in [2.45, 2.75) is 52.2 Å².